The van der Waals surface area contributed by atoms with E-state index in [-0.39, 0.29) is 5.78 Å². The molecule has 1 aromatic heterocycles. The summed E-state index contributed by atoms with van der Waals surface area (Å²) in [5.74, 6) is 1.01. The van der Waals surface area contributed by atoms with Crippen LogP contribution in [0.2, 0.25) is 4.34 Å². The number of hydrogen-bond acceptors (Lipinski definition) is 4. The van der Waals surface area contributed by atoms with Crippen LogP contribution in [0.25, 0.3) is 0 Å². The van der Waals surface area contributed by atoms with E-state index in [0.717, 1.165) is 0 Å². The third-order valence-corrected chi connectivity index (χ3v) is 3.68. The van der Waals surface area contributed by atoms with E-state index in [0.29, 0.717) is 26.3 Å². The van der Waals surface area contributed by atoms with Crippen molar-refractivity contribution in [2.45, 2.75) is 0 Å². The molecule has 0 spiro atoms. The van der Waals surface area contributed by atoms with Crippen LogP contribution in [0.5, 0.6) is 11.5 Å². The minimum absolute atomic E-state index is 0.123. The summed E-state index contributed by atoms with van der Waals surface area (Å²) in [5, 5.41) is 0. The van der Waals surface area contributed by atoms with Gasteiger partial charge in [-0.15, -0.1) is 11.3 Å². The number of halogens is 1. The van der Waals surface area contributed by atoms with Crippen LogP contribution in [0, 0.1) is 0 Å². The Morgan fingerprint density at radius 1 is 1.17 bits per heavy atom. The van der Waals surface area contributed by atoms with Crippen molar-refractivity contribution in [3.63, 3.8) is 0 Å². The molecule has 2 rings (SSSR count). The summed E-state index contributed by atoms with van der Waals surface area (Å²) in [4.78, 5) is 12.9. The van der Waals surface area contributed by atoms with E-state index >= 15 is 0 Å². The predicted octanol–water partition coefficient (Wildman–Crippen LogP) is 3.65. The molecule has 0 N–H and O–H groups in total. The van der Waals surface area contributed by atoms with Crippen LogP contribution in [-0.2, 0) is 0 Å². The molecule has 0 radical (unpaired) electrons. The summed E-state index contributed by atoms with van der Waals surface area (Å²) in [5.41, 5.74) is 0.468. The molecular formula is C13H11ClO3S. The number of hydrogen-bond donors (Lipinski definition) is 0. The first-order valence-electron chi connectivity index (χ1n) is 5.17. The summed E-state index contributed by atoms with van der Waals surface area (Å²) in [7, 11) is 3.08. The van der Waals surface area contributed by atoms with E-state index in [1.807, 2.05) is 0 Å². The van der Waals surface area contributed by atoms with Gasteiger partial charge in [-0.1, -0.05) is 11.6 Å². The lowest BCUT2D eigenvalue weighted by Gasteiger charge is -2.08. The molecule has 0 aliphatic rings. The molecule has 2 aromatic rings. The lowest BCUT2D eigenvalue weighted by molar-refractivity contribution is 0.103. The number of carbonyl (C=O) groups excluding carboxylic acids is 1. The Hall–Kier alpha value is -1.52. The first kappa shape index (κ1) is 12.9. The van der Waals surface area contributed by atoms with Crippen molar-refractivity contribution in [1.82, 2.24) is 0 Å². The molecule has 0 saturated heterocycles. The van der Waals surface area contributed by atoms with Crippen molar-refractivity contribution in [3.05, 3.63) is 45.1 Å². The number of thiophene rings is 1. The number of ketones is 1. The van der Waals surface area contributed by atoms with Crippen LogP contribution >= 0.6 is 22.9 Å². The van der Waals surface area contributed by atoms with Gasteiger partial charge in [-0.2, -0.15) is 0 Å². The van der Waals surface area contributed by atoms with Gasteiger partial charge in [0.1, 0.15) is 11.5 Å². The summed E-state index contributed by atoms with van der Waals surface area (Å²) in [6.07, 6.45) is 0. The van der Waals surface area contributed by atoms with E-state index < -0.39 is 0 Å². The number of carbonyl (C=O) groups is 1. The topological polar surface area (TPSA) is 35.5 Å². The Bertz CT molecular complexity index is 577. The normalized spacial score (nSPS) is 10.2. The van der Waals surface area contributed by atoms with Gasteiger partial charge in [0.05, 0.1) is 29.0 Å². The predicted molar refractivity (Wildman–Crippen MR) is 72.3 cm³/mol. The second kappa shape index (κ2) is 5.42. The molecule has 18 heavy (non-hydrogen) atoms. The van der Waals surface area contributed by atoms with Crippen molar-refractivity contribution in [1.29, 1.82) is 0 Å². The van der Waals surface area contributed by atoms with Crippen molar-refractivity contribution >= 4 is 28.7 Å². The molecule has 0 aliphatic heterocycles. The first-order valence-corrected chi connectivity index (χ1v) is 6.37. The highest BCUT2D eigenvalue weighted by atomic mass is 35.5. The van der Waals surface area contributed by atoms with Crippen molar-refractivity contribution in [3.8, 4) is 11.5 Å². The van der Waals surface area contributed by atoms with Crippen molar-refractivity contribution in [2.24, 2.45) is 0 Å². The van der Waals surface area contributed by atoms with Gasteiger partial charge in [0.25, 0.3) is 0 Å². The first-order chi connectivity index (χ1) is 8.65. The highest BCUT2D eigenvalue weighted by molar-refractivity contribution is 7.18. The Labute approximate surface area is 114 Å². The van der Waals surface area contributed by atoms with Crippen LogP contribution in [0.15, 0.2) is 30.3 Å². The zero-order valence-corrected chi connectivity index (χ0v) is 11.5. The Balaban J connectivity index is 2.45. The van der Waals surface area contributed by atoms with Crippen molar-refractivity contribution < 1.29 is 14.3 Å². The maximum Gasteiger partial charge on any atom is 0.206 e. The van der Waals surface area contributed by atoms with Gasteiger partial charge in [-0.05, 0) is 30.3 Å². The van der Waals surface area contributed by atoms with Gasteiger partial charge in [0, 0.05) is 0 Å². The maximum atomic E-state index is 12.3. The molecule has 0 atom stereocenters. The average Bonchev–Trinajstić information content (AvgIpc) is 2.83. The number of methoxy groups -OCH3 is 2. The van der Waals surface area contributed by atoms with E-state index in [1.165, 1.54) is 18.4 Å². The van der Waals surface area contributed by atoms with Gasteiger partial charge in [0.15, 0.2) is 0 Å². The number of ether oxygens (including phenoxy) is 2. The number of rotatable bonds is 4. The molecule has 3 nitrogen and oxygen atoms in total. The molecule has 94 valence electrons. The molecule has 0 saturated carbocycles. The summed E-state index contributed by atoms with van der Waals surface area (Å²) in [6, 6.07) is 8.52. The lowest BCUT2D eigenvalue weighted by atomic mass is 10.1. The standard InChI is InChI=1S/C13H11ClO3S/c1-16-8-3-4-10(17-2)9(7-8)13(15)11-5-6-12(14)18-11/h3-7H,1-2H3. The molecular weight excluding hydrogens is 272 g/mol. The van der Waals surface area contributed by atoms with E-state index in [9.17, 15) is 4.79 Å². The molecule has 5 heteroatoms. The van der Waals surface area contributed by atoms with Gasteiger partial charge in [0.2, 0.25) is 5.78 Å². The molecule has 0 aliphatic carbocycles. The third kappa shape index (κ3) is 2.49. The zero-order chi connectivity index (χ0) is 13.1. The van der Waals surface area contributed by atoms with Crippen LogP contribution < -0.4 is 9.47 Å². The quantitative estimate of drug-likeness (QED) is 0.803. The van der Waals surface area contributed by atoms with E-state index in [4.69, 9.17) is 21.1 Å². The smallest absolute Gasteiger partial charge is 0.206 e. The Morgan fingerprint density at radius 3 is 2.50 bits per heavy atom. The Kier molecular flexibility index (Phi) is 3.89. The van der Waals surface area contributed by atoms with Crippen LogP contribution in [0.3, 0.4) is 0 Å². The van der Waals surface area contributed by atoms with Crippen molar-refractivity contribution in [2.75, 3.05) is 14.2 Å². The Morgan fingerprint density at radius 2 is 1.94 bits per heavy atom. The van der Waals surface area contributed by atoms with Gasteiger partial charge in [-0.25, -0.2) is 0 Å². The van der Waals surface area contributed by atoms with Gasteiger partial charge < -0.3 is 9.47 Å². The van der Waals surface area contributed by atoms with Crippen LogP contribution in [0.4, 0.5) is 0 Å². The molecule has 0 unspecified atom stereocenters. The molecule has 0 bridgehead atoms. The molecule has 1 heterocycles. The van der Waals surface area contributed by atoms with Crippen LogP contribution in [-0.4, -0.2) is 20.0 Å². The second-order valence-corrected chi connectivity index (χ2v) is 5.21. The largest absolute Gasteiger partial charge is 0.497 e. The third-order valence-electron chi connectivity index (χ3n) is 2.45. The monoisotopic (exact) mass is 282 g/mol. The summed E-state index contributed by atoms with van der Waals surface area (Å²) in [6.45, 7) is 0. The van der Waals surface area contributed by atoms with E-state index in [1.54, 1.807) is 37.4 Å². The second-order valence-electron chi connectivity index (χ2n) is 3.50. The van der Waals surface area contributed by atoms with E-state index in [2.05, 4.69) is 0 Å². The fourth-order valence-electron chi connectivity index (χ4n) is 1.56. The summed E-state index contributed by atoms with van der Waals surface area (Å²) >= 11 is 7.08. The molecule has 1 aromatic carbocycles. The summed E-state index contributed by atoms with van der Waals surface area (Å²) < 4.78 is 10.9. The highest BCUT2D eigenvalue weighted by Crippen LogP contribution is 2.30. The highest BCUT2D eigenvalue weighted by Gasteiger charge is 2.17. The average molecular weight is 283 g/mol. The lowest BCUT2D eigenvalue weighted by Crippen LogP contribution is -2.02. The minimum Gasteiger partial charge on any atom is -0.497 e. The fraction of sp³-hybridized carbons (Fsp3) is 0.154. The number of benzene rings is 1. The molecule has 0 amide bonds. The van der Waals surface area contributed by atoms with Crippen LogP contribution in [0.1, 0.15) is 15.2 Å². The minimum atomic E-state index is -0.123. The zero-order valence-electron chi connectivity index (χ0n) is 9.90. The molecule has 0 fully saturated rings. The van der Waals surface area contributed by atoms with Gasteiger partial charge >= 0.3 is 0 Å². The van der Waals surface area contributed by atoms with Gasteiger partial charge in [-0.3, -0.25) is 4.79 Å². The maximum absolute atomic E-state index is 12.3. The SMILES string of the molecule is COc1ccc(OC)c(C(=O)c2ccc(Cl)s2)c1. The fourth-order valence-corrected chi connectivity index (χ4v) is 2.56.